The fourth-order valence-electron chi connectivity index (χ4n) is 3.94. The number of likely N-dealkylation sites (N-methyl/N-ethyl adjacent to an activating group) is 1. The number of amides is 1. The topological polar surface area (TPSA) is 62.8 Å². The van der Waals surface area contributed by atoms with Gasteiger partial charge in [-0.1, -0.05) is 0 Å². The third kappa shape index (κ3) is 3.23. The molecule has 6 heteroatoms. The highest BCUT2D eigenvalue weighted by Gasteiger charge is 2.43. The average Bonchev–Trinajstić information content (AvgIpc) is 2.55. The van der Waals surface area contributed by atoms with Crippen LogP contribution in [0.15, 0.2) is 0 Å². The fourth-order valence-corrected chi connectivity index (χ4v) is 3.94. The van der Waals surface area contributed by atoms with Crippen LogP contribution in [0.25, 0.3) is 0 Å². The number of hydrogen-bond donors (Lipinski definition) is 2. The molecule has 3 aliphatic heterocycles. The summed E-state index contributed by atoms with van der Waals surface area (Å²) in [5.41, 5.74) is -0.0146. The van der Waals surface area contributed by atoms with Crippen molar-refractivity contribution in [2.75, 3.05) is 46.5 Å². The lowest BCUT2D eigenvalue weighted by Crippen LogP contribution is -2.63. The van der Waals surface area contributed by atoms with E-state index in [2.05, 4.69) is 15.5 Å². The molecule has 0 aromatic rings. The number of rotatable bonds is 2. The van der Waals surface area contributed by atoms with Crippen molar-refractivity contribution >= 4 is 5.91 Å². The number of hydrogen-bond acceptors (Lipinski definition) is 5. The van der Waals surface area contributed by atoms with Gasteiger partial charge in [-0.25, -0.2) is 0 Å². The largest absolute Gasteiger partial charge is 0.381 e. The van der Waals surface area contributed by atoms with Gasteiger partial charge in [-0.05, 0) is 25.7 Å². The Kier molecular flexibility index (Phi) is 4.78. The summed E-state index contributed by atoms with van der Waals surface area (Å²) in [7, 11) is 1.72. The van der Waals surface area contributed by atoms with Crippen LogP contribution in [0, 0.1) is 0 Å². The van der Waals surface area contributed by atoms with Gasteiger partial charge in [0.2, 0.25) is 5.91 Å². The maximum atomic E-state index is 12.1. The van der Waals surface area contributed by atoms with E-state index < -0.39 is 0 Å². The molecule has 0 radical (unpaired) electrons. The first kappa shape index (κ1) is 15.2. The molecule has 0 bridgehead atoms. The summed E-state index contributed by atoms with van der Waals surface area (Å²) in [4.78, 5) is 14.5. The van der Waals surface area contributed by atoms with Gasteiger partial charge in [0.25, 0.3) is 0 Å². The lowest BCUT2D eigenvalue weighted by atomic mass is 9.83. The molecule has 1 spiro atoms. The van der Waals surface area contributed by atoms with Gasteiger partial charge in [0.05, 0.1) is 5.60 Å². The molecule has 6 nitrogen and oxygen atoms in total. The first-order chi connectivity index (χ1) is 10.2. The molecule has 3 heterocycles. The molecule has 2 unspecified atom stereocenters. The Bertz CT molecular complexity index is 366. The minimum atomic E-state index is -0.0521. The zero-order chi connectivity index (χ0) is 14.7. The smallest absolute Gasteiger partial charge is 0.238 e. The minimum absolute atomic E-state index is 0.0146. The van der Waals surface area contributed by atoms with E-state index >= 15 is 0 Å². The van der Waals surface area contributed by atoms with Gasteiger partial charge < -0.3 is 20.1 Å². The molecule has 0 aromatic heterocycles. The summed E-state index contributed by atoms with van der Waals surface area (Å²) in [5, 5.41) is 6.14. The van der Waals surface area contributed by atoms with Gasteiger partial charge >= 0.3 is 0 Å². The maximum Gasteiger partial charge on any atom is 0.238 e. The van der Waals surface area contributed by atoms with Crippen molar-refractivity contribution in [1.82, 2.24) is 15.5 Å². The van der Waals surface area contributed by atoms with Crippen LogP contribution in [0.4, 0.5) is 0 Å². The zero-order valence-corrected chi connectivity index (χ0v) is 12.9. The number of carbonyl (C=O) groups excluding carboxylic acids is 1. The molecule has 0 aliphatic carbocycles. The van der Waals surface area contributed by atoms with Crippen LogP contribution in [-0.4, -0.2) is 75.0 Å². The molecule has 2 atom stereocenters. The van der Waals surface area contributed by atoms with Crippen molar-refractivity contribution in [2.24, 2.45) is 0 Å². The van der Waals surface area contributed by atoms with Crippen LogP contribution in [-0.2, 0) is 14.3 Å². The Morgan fingerprint density at radius 1 is 1.33 bits per heavy atom. The normalized spacial score (nSPS) is 33.8. The SMILES string of the molecule is CNC(=O)C1CNCCN1C1CCOC2(CCOCC2)C1. The van der Waals surface area contributed by atoms with E-state index in [9.17, 15) is 4.79 Å². The van der Waals surface area contributed by atoms with Gasteiger partial charge in [-0.15, -0.1) is 0 Å². The Balaban J connectivity index is 1.70. The highest BCUT2D eigenvalue weighted by molar-refractivity contribution is 5.81. The van der Waals surface area contributed by atoms with E-state index in [1.165, 1.54) is 0 Å². The van der Waals surface area contributed by atoms with Crippen molar-refractivity contribution in [1.29, 1.82) is 0 Å². The first-order valence-electron chi connectivity index (χ1n) is 8.14. The van der Waals surface area contributed by atoms with Crippen LogP contribution in [0.1, 0.15) is 25.7 Å². The summed E-state index contributed by atoms with van der Waals surface area (Å²) < 4.78 is 11.6. The minimum Gasteiger partial charge on any atom is -0.381 e. The summed E-state index contributed by atoms with van der Waals surface area (Å²) in [6.07, 6.45) is 4.03. The van der Waals surface area contributed by atoms with Crippen molar-refractivity contribution < 1.29 is 14.3 Å². The van der Waals surface area contributed by atoms with Crippen molar-refractivity contribution in [3.05, 3.63) is 0 Å². The van der Waals surface area contributed by atoms with Crippen molar-refractivity contribution in [2.45, 2.75) is 43.4 Å². The van der Waals surface area contributed by atoms with E-state index in [1.807, 2.05) is 0 Å². The quantitative estimate of drug-likeness (QED) is 0.735. The summed E-state index contributed by atoms with van der Waals surface area (Å²) in [6, 6.07) is 0.394. The predicted molar refractivity (Wildman–Crippen MR) is 79.2 cm³/mol. The second kappa shape index (κ2) is 6.60. The number of ether oxygens (including phenoxy) is 2. The molecule has 3 aliphatic rings. The second-order valence-electron chi connectivity index (χ2n) is 6.36. The van der Waals surface area contributed by atoms with Gasteiger partial charge in [0.15, 0.2) is 0 Å². The standard InChI is InChI=1S/C15H27N3O3/c1-16-14(19)13-11-17-5-6-18(13)12-2-7-21-15(10-12)3-8-20-9-4-15/h12-13,17H,2-11H2,1H3,(H,16,19). The van der Waals surface area contributed by atoms with Crippen molar-refractivity contribution in [3.8, 4) is 0 Å². The third-order valence-corrected chi connectivity index (χ3v) is 5.17. The van der Waals surface area contributed by atoms with E-state index in [0.29, 0.717) is 6.04 Å². The first-order valence-corrected chi connectivity index (χ1v) is 8.14. The fraction of sp³-hybridized carbons (Fsp3) is 0.933. The summed E-state index contributed by atoms with van der Waals surface area (Å²) in [5.74, 6) is 0.120. The Hall–Kier alpha value is -0.690. The molecule has 3 fully saturated rings. The van der Waals surface area contributed by atoms with Crippen LogP contribution >= 0.6 is 0 Å². The van der Waals surface area contributed by atoms with Crippen LogP contribution in [0.2, 0.25) is 0 Å². The lowest BCUT2D eigenvalue weighted by molar-refractivity contribution is -0.158. The molecule has 21 heavy (non-hydrogen) atoms. The molecule has 1 amide bonds. The van der Waals surface area contributed by atoms with Crippen molar-refractivity contribution in [3.63, 3.8) is 0 Å². The Morgan fingerprint density at radius 2 is 2.14 bits per heavy atom. The lowest BCUT2D eigenvalue weighted by Gasteiger charge is -2.49. The predicted octanol–water partition coefficient (Wildman–Crippen LogP) is -0.266. The Labute approximate surface area is 126 Å². The molecule has 0 aromatic carbocycles. The number of nitrogens with one attached hydrogen (secondary N) is 2. The monoisotopic (exact) mass is 297 g/mol. The van der Waals surface area contributed by atoms with Gasteiger partial charge in [0, 0.05) is 52.5 Å². The average molecular weight is 297 g/mol. The Morgan fingerprint density at radius 3 is 2.90 bits per heavy atom. The summed E-state index contributed by atoms with van der Waals surface area (Å²) in [6.45, 7) is 5.04. The highest BCUT2D eigenvalue weighted by Crippen LogP contribution is 2.36. The second-order valence-corrected chi connectivity index (χ2v) is 6.36. The van der Waals surface area contributed by atoms with E-state index in [4.69, 9.17) is 9.47 Å². The molecule has 0 saturated carbocycles. The maximum absolute atomic E-state index is 12.1. The van der Waals surface area contributed by atoms with E-state index in [-0.39, 0.29) is 17.6 Å². The van der Waals surface area contributed by atoms with Gasteiger partial charge in [0.1, 0.15) is 6.04 Å². The summed E-state index contributed by atoms with van der Waals surface area (Å²) >= 11 is 0. The van der Waals surface area contributed by atoms with Crippen LogP contribution < -0.4 is 10.6 Å². The number of piperazine rings is 1. The molecule has 120 valence electrons. The van der Waals surface area contributed by atoms with E-state index in [0.717, 1.165) is 65.1 Å². The highest BCUT2D eigenvalue weighted by atomic mass is 16.5. The van der Waals surface area contributed by atoms with Crippen LogP contribution in [0.3, 0.4) is 0 Å². The number of nitrogens with zero attached hydrogens (tertiary/aromatic N) is 1. The van der Waals surface area contributed by atoms with E-state index in [1.54, 1.807) is 7.05 Å². The van der Waals surface area contributed by atoms with Gasteiger partial charge in [-0.3, -0.25) is 9.69 Å². The molecular formula is C15H27N3O3. The molecule has 3 saturated heterocycles. The van der Waals surface area contributed by atoms with Crippen LogP contribution in [0.5, 0.6) is 0 Å². The molecule has 2 N–H and O–H groups in total. The molecule has 3 rings (SSSR count). The molecular weight excluding hydrogens is 270 g/mol. The number of carbonyl (C=O) groups is 1. The van der Waals surface area contributed by atoms with Gasteiger partial charge in [-0.2, -0.15) is 0 Å². The zero-order valence-electron chi connectivity index (χ0n) is 12.9. The third-order valence-electron chi connectivity index (χ3n) is 5.17.